The zero-order valence-corrected chi connectivity index (χ0v) is 11.4. The van der Waals surface area contributed by atoms with Crippen molar-refractivity contribution in [2.24, 2.45) is 0 Å². The lowest BCUT2D eigenvalue weighted by Gasteiger charge is -2.07. The van der Waals surface area contributed by atoms with Crippen LogP contribution in [0, 0.1) is 0 Å². The number of benzene rings is 1. The van der Waals surface area contributed by atoms with E-state index >= 15 is 0 Å². The second-order valence-electron chi connectivity index (χ2n) is 4.48. The molecule has 92 valence electrons. The van der Waals surface area contributed by atoms with Crippen molar-refractivity contribution in [3.8, 4) is 0 Å². The monoisotopic (exact) mass is 247 g/mol. The fourth-order valence-electron chi connectivity index (χ4n) is 2.10. The van der Waals surface area contributed by atoms with E-state index in [9.17, 15) is 0 Å². The third-order valence-corrected chi connectivity index (χ3v) is 3.97. The second kappa shape index (κ2) is 6.65. The number of hydrogen-bond acceptors (Lipinski definition) is 2. The molecule has 1 nitrogen and oxygen atoms in total. The van der Waals surface area contributed by atoms with Crippen LogP contribution >= 0.6 is 11.3 Å². The van der Waals surface area contributed by atoms with Crippen LogP contribution in [0.1, 0.15) is 39.0 Å². The Morgan fingerprint density at radius 1 is 1.06 bits per heavy atom. The highest BCUT2D eigenvalue weighted by Crippen LogP contribution is 2.27. The van der Waals surface area contributed by atoms with Gasteiger partial charge in [-0.25, -0.2) is 0 Å². The highest BCUT2D eigenvalue weighted by molar-refractivity contribution is 7.17. The second-order valence-corrected chi connectivity index (χ2v) is 5.43. The van der Waals surface area contributed by atoms with Crippen LogP contribution in [0.2, 0.25) is 0 Å². The number of fused-ring (bicyclic) bond motifs is 1. The molecule has 2 aromatic rings. The van der Waals surface area contributed by atoms with Crippen LogP contribution in [-0.4, -0.2) is 6.54 Å². The van der Waals surface area contributed by atoms with Gasteiger partial charge in [0.15, 0.2) is 0 Å². The van der Waals surface area contributed by atoms with Gasteiger partial charge in [-0.15, -0.1) is 11.3 Å². The van der Waals surface area contributed by atoms with E-state index in [0.717, 1.165) is 6.54 Å². The molecule has 0 saturated carbocycles. The Morgan fingerprint density at radius 3 is 2.82 bits per heavy atom. The zero-order chi connectivity index (χ0) is 11.9. The Hall–Kier alpha value is -1.02. The quantitative estimate of drug-likeness (QED) is 0.656. The summed E-state index contributed by atoms with van der Waals surface area (Å²) in [7, 11) is 0. The molecule has 0 unspecified atom stereocenters. The molecule has 2 rings (SSSR count). The molecule has 0 bridgehead atoms. The Labute approximate surface area is 108 Å². The molecule has 0 aliphatic carbocycles. The molecule has 1 heterocycles. The lowest BCUT2D eigenvalue weighted by molar-refractivity contribution is 0.645. The lowest BCUT2D eigenvalue weighted by Crippen LogP contribution is -2.01. The maximum absolute atomic E-state index is 3.56. The van der Waals surface area contributed by atoms with Crippen LogP contribution in [0.5, 0.6) is 0 Å². The number of hydrogen-bond donors (Lipinski definition) is 1. The van der Waals surface area contributed by atoms with E-state index in [4.69, 9.17) is 0 Å². The van der Waals surface area contributed by atoms with E-state index in [1.54, 1.807) is 0 Å². The van der Waals surface area contributed by atoms with Crippen molar-refractivity contribution in [1.82, 2.24) is 0 Å². The van der Waals surface area contributed by atoms with Gasteiger partial charge in [-0.2, -0.15) is 0 Å². The van der Waals surface area contributed by atoms with Crippen LogP contribution in [0.15, 0.2) is 29.6 Å². The Balaban J connectivity index is 1.80. The predicted octanol–water partition coefficient (Wildman–Crippen LogP) is 5.28. The molecule has 0 radical (unpaired) electrons. The molecule has 0 fully saturated rings. The number of anilines is 1. The molecule has 0 saturated heterocycles. The van der Waals surface area contributed by atoms with Crippen molar-refractivity contribution < 1.29 is 0 Å². The molecule has 0 atom stereocenters. The fraction of sp³-hybridized carbons (Fsp3) is 0.467. The van der Waals surface area contributed by atoms with Gasteiger partial charge in [0.05, 0.1) is 0 Å². The van der Waals surface area contributed by atoms with Crippen LogP contribution in [0.3, 0.4) is 0 Å². The van der Waals surface area contributed by atoms with Gasteiger partial charge >= 0.3 is 0 Å². The van der Waals surface area contributed by atoms with Crippen LogP contribution in [-0.2, 0) is 0 Å². The highest BCUT2D eigenvalue weighted by Gasteiger charge is 2.00. The third kappa shape index (κ3) is 3.47. The maximum Gasteiger partial charge on any atom is 0.0428 e. The summed E-state index contributed by atoms with van der Waals surface area (Å²) in [6.07, 6.45) is 6.70. The number of rotatable bonds is 7. The summed E-state index contributed by atoms with van der Waals surface area (Å²) in [4.78, 5) is 0. The molecule has 1 N–H and O–H groups in total. The van der Waals surface area contributed by atoms with Crippen molar-refractivity contribution in [2.45, 2.75) is 39.0 Å². The first-order valence-electron chi connectivity index (χ1n) is 6.62. The fourth-order valence-corrected chi connectivity index (χ4v) is 2.91. The molecule has 1 aromatic heterocycles. The van der Waals surface area contributed by atoms with E-state index in [2.05, 4.69) is 41.9 Å². The zero-order valence-electron chi connectivity index (χ0n) is 10.5. The normalized spacial score (nSPS) is 10.9. The Morgan fingerprint density at radius 2 is 1.94 bits per heavy atom. The Bertz CT molecular complexity index is 447. The third-order valence-electron chi connectivity index (χ3n) is 3.09. The lowest BCUT2D eigenvalue weighted by atomic mass is 10.1. The minimum absolute atomic E-state index is 1.10. The first kappa shape index (κ1) is 12.4. The summed E-state index contributed by atoms with van der Waals surface area (Å²) < 4.78 is 1.38. The predicted molar refractivity (Wildman–Crippen MR) is 79.1 cm³/mol. The summed E-state index contributed by atoms with van der Waals surface area (Å²) in [6.45, 7) is 3.36. The molecular formula is C15H21NS. The average Bonchev–Trinajstić information content (AvgIpc) is 2.82. The Kier molecular flexibility index (Phi) is 4.87. The van der Waals surface area contributed by atoms with Gasteiger partial charge in [-0.1, -0.05) is 38.7 Å². The summed E-state index contributed by atoms with van der Waals surface area (Å²) in [5.74, 6) is 0. The molecule has 2 heteroatoms. The van der Waals surface area contributed by atoms with E-state index in [1.807, 2.05) is 11.3 Å². The molecule has 1 aromatic carbocycles. The van der Waals surface area contributed by atoms with Crippen molar-refractivity contribution in [2.75, 3.05) is 11.9 Å². The van der Waals surface area contributed by atoms with Gasteiger partial charge in [0, 0.05) is 22.3 Å². The van der Waals surface area contributed by atoms with Gasteiger partial charge in [0.2, 0.25) is 0 Å². The van der Waals surface area contributed by atoms with E-state index in [-0.39, 0.29) is 0 Å². The summed E-state index contributed by atoms with van der Waals surface area (Å²) in [5, 5.41) is 7.09. The van der Waals surface area contributed by atoms with Gasteiger partial charge in [-0.05, 0) is 30.0 Å². The van der Waals surface area contributed by atoms with Gasteiger partial charge in [-0.3, -0.25) is 0 Å². The van der Waals surface area contributed by atoms with Crippen LogP contribution in [0.25, 0.3) is 10.1 Å². The van der Waals surface area contributed by atoms with E-state index in [0.29, 0.717) is 0 Å². The van der Waals surface area contributed by atoms with Crippen molar-refractivity contribution in [3.05, 3.63) is 29.6 Å². The largest absolute Gasteiger partial charge is 0.385 e. The van der Waals surface area contributed by atoms with Gasteiger partial charge in [0.25, 0.3) is 0 Å². The first-order chi connectivity index (χ1) is 8.42. The van der Waals surface area contributed by atoms with E-state index < -0.39 is 0 Å². The van der Waals surface area contributed by atoms with Gasteiger partial charge < -0.3 is 5.32 Å². The standard InChI is InChI=1S/C15H21NS/c1-2-3-4-5-6-11-16-14-8-7-9-15-13(14)10-12-17-15/h7-10,12,16H,2-6,11H2,1H3. The maximum atomic E-state index is 3.56. The minimum Gasteiger partial charge on any atom is -0.385 e. The van der Waals surface area contributed by atoms with Crippen molar-refractivity contribution in [1.29, 1.82) is 0 Å². The first-order valence-corrected chi connectivity index (χ1v) is 7.50. The van der Waals surface area contributed by atoms with Crippen molar-refractivity contribution in [3.63, 3.8) is 0 Å². The number of unbranched alkanes of at least 4 members (excludes halogenated alkanes) is 4. The average molecular weight is 247 g/mol. The molecule has 0 spiro atoms. The topological polar surface area (TPSA) is 12.0 Å². The van der Waals surface area contributed by atoms with Crippen LogP contribution < -0.4 is 5.32 Å². The summed E-state index contributed by atoms with van der Waals surface area (Å²) in [5.41, 5.74) is 1.29. The van der Waals surface area contributed by atoms with Crippen LogP contribution in [0.4, 0.5) is 5.69 Å². The minimum atomic E-state index is 1.10. The van der Waals surface area contributed by atoms with E-state index in [1.165, 1.54) is 47.9 Å². The van der Waals surface area contributed by atoms with Crippen molar-refractivity contribution >= 4 is 27.1 Å². The SMILES string of the molecule is CCCCCCCNc1cccc2sccc12. The number of nitrogens with one attached hydrogen (secondary N) is 1. The molecule has 0 amide bonds. The molecular weight excluding hydrogens is 226 g/mol. The smallest absolute Gasteiger partial charge is 0.0428 e. The molecule has 17 heavy (non-hydrogen) atoms. The molecule has 0 aliphatic heterocycles. The highest BCUT2D eigenvalue weighted by atomic mass is 32.1. The number of thiophene rings is 1. The van der Waals surface area contributed by atoms with Gasteiger partial charge in [0.1, 0.15) is 0 Å². The summed E-state index contributed by atoms with van der Waals surface area (Å²) in [6, 6.07) is 8.71. The molecule has 0 aliphatic rings. The summed E-state index contributed by atoms with van der Waals surface area (Å²) >= 11 is 1.81.